The van der Waals surface area contributed by atoms with E-state index in [0.29, 0.717) is 34.1 Å². The molecule has 0 fully saturated rings. The van der Waals surface area contributed by atoms with Gasteiger partial charge in [-0.1, -0.05) is 23.4 Å². The average molecular weight is 417 g/mol. The van der Waals surface area contributed by atoms with Crippen LogP contribution in [0.2, 0.25) is 0 Å². The van der Waals surface area contributed by atoms with Gasteiger partial charge >= 0.3 is 0 Å². The van der Waals surface area contributed by atoms with Gasteiger partial charge in [-0.05, 0) is 52.0 Å². The molecule has 1 heterocycles. The maximum atomic E-state index is 13.3. The average Bonchev–Trinajstić information content (AvgIpc) is 2.73. The third kappa shape index (κ3) is 4.83. The van der Waals surface area contributed by atoms with Gasteiger partial charge in [0.2, 0.25) is 0 Å². The predicted molar refractivity (Wildman–Crippen MR) is 116 cm³/mol. The first-order valence-electron chi connectivity index (χ1n) is 9.96. The van der Waals surface area contributed by atoms with Crippen molar-refractivity contribution in [2.45, 2.75) is 62.9 Å². The molecule has 2 aromatic rings. The van der Waals surface area contributed by atoms with E-state index in [-0.39, 0.29) is 16.6 Å². The second-order valence-electron chi connectivity index (χ2n) is 7.30. The van der Waals surface area contributed by atoms with Crippen LogP contribution in [0.1, 0.15) is 46.0 Å². The van der Waals surface area contributed by atoms with Gasteiger partial charge in [0, 0.05) is 12.6 Å². The molecular formula is C22H28N2O4S. The minimum atomic E-state index is -0.278. The maximum absolute atomic E-state index is 13.3. The molecule has 29 heavy (non-hydrogen) atoms. The number of aromatic nitrogens is 2. The van der Waals surface area contributed by atoms with Crippen LogP contribution in [-0.4, -0.2) is 34.8 Å². The first kappa shape index (κ1) is 21.4. The molecule has 0 unspecified atom stereocenters. The van der Waals surface area contributed by atoms with Gasteiger partial charge in [-0.3, -0.25) is 14.2 Å². The Morgan fingerprint density at radius 2 is 1.97 bits per heavy atom. The third-order valence-electron chi connectivity index (χ3n) is 5.32. The van der Waals surface area contributed by atoms with E-state index in [4.69, 9.17) is 14.5 Å². The standard InChI is InChI=1S/C22H28N2O4S/c1-14(25)15(2)29-22-23-18-13-20(28-4)19(27-3)12-17(18)21(26)24(22)11-10-16-8-6-5-7-9-16/h8,12-13,15H,5-7,9-11H2,1-4H3/t15-/m1/s1. The highest BCUT2D eigenvalue weighted by molar-refractivity contribution is 8.00. The molecule has 0 saturated heterocycles. The van der Waals surface area contributed by atoms with Gasteiger partial charge in [-0.2, -0.15) is 0 Å². The molecule has 0 spiro atoms. The summed E-state index contributed by atoms with van der Waals surface area (Å²) in [4.78, 5) is 29.9. The molecule has 0 bridgehead atoms. The number of ketones is 1. The van der Waals surface area contributed by atoms with Gasteiger partial charge in [-0.15, -0.1) is 0 Å². The number of hydrogen-bond acceptors (Lipinski definition) is 6. The van der Waals surface area contributed by atoms with E-state index in [1.54, 1.807) is 37.8 Å². The number of methoxy groups -OCH3 is 2. The van der Waals surface area contributed by atoms with Crippen LogP contribution in [0.4, 0.5) is 0 Å². The van der Waals surface area contributed by atoms with Crippen molar-refractivity contribution in [1.82, 2.24) is 9.55 Å². The van der Waals surface area contributed by atoms with Gasteiger partial charge in [0.25, 0.3) is 5.56 Å². The first-order chi connectivity index (χ1) is 13.9. The molecule has 0 saturated carbocycles. The molecule has 6 nitrogen and oxygen atoms in total. The zero-order chi connectivity index (χ0) is 21.0. The molecule has 1 atom stereocenters. The zero-order valence-corrected chi connectivity index (χ0v) is 18.3. The fourth-order valence-corrected chi connectivity index (χ4v) is 4.38. The van der Waals surface area contributed by atoms with Crippen molar-refractivity contribution < 1.29 is 14.3 Å². The summed E-state index contributed by atoms with van der Waals surface area (Å²) < 4.78 is 12.4. The summed E-state index contributed by atoms with van der Waals surface area (Å²) in [6.45, 7) is 3.95. The number of carbonyl (C=O) groups excluding carboxylic acids is 1. The summed E-state index contributed by atoms with van der Waals surface area (Å²) in [5.41, 5.74) is 1.82. The van der Waals surface area contributed by atoms with E-state index in [9.17, 15) is 9.59 Å². The summed E-state index contributed by atoms with van der Waals surface area (Å²) in [6, 6.07) is 3.40. The van der Waals surface area contributed by atoms with E-state index in [1.807, 2.05) is 6.92 Å². The topological polar surface area (TPSA) is 70.4 Å². The van der Waals surface area contributed by atoms with Crippen molar-refractivity contribution in [3.05, 3.63) is 34.1 Å². The molecule has 1 aliphatic rings. The van der Waals surface area contributed by atoms with Gasteiger partial charge < -0.3 is 9.47 Å². The number of rotatable bonds is 8. The summed E-state index contributed by atoms with van der Waals surface area (Å²) in [7, 11) is 3.10. The van der Waals surface area contributed by atoms with E-state index >= 15 is 0 Å². The van der Waals surface area contributed by atoms with Crippen molar-refractivity contribution in [1.29, 1.82) is 0 Å². The zero-order valence-electron chi connectivity index (χ0n) is 17.5. The molecule has 1 aliphatic carbocycles. The van der Waals surface area contributed by atoms with Crippen LogP contribution in [-0.2, 0) is 11.3 Å². The molecule has 0 radical (unpaired) electrons. The molecule has 156 valence electrons. The Morgan fingerprint density at radius 3 is 2.59 bits per heavy atom. The van der Waals surface area contributed by atoms with E-state index < -0.39 is 0 Å². The smallest absolute Gasteiger partial charge is 0.262 e. The molecule has 3 rings (SSSR count). The quantitative estimate of drug-likeness (QED) is 0.361. The Kier molecular flexibility index (Phi) is 7.00. The largest absolute Gasteiger partial charge is 0.493 e. The first-order valence-corrected chi connectivity index (χ1v) is 10.8. The van der Waals surface area contributed by atoms with Gasteiger partial charge in [0.1, 0.15) is 5.78 Å². The SMILES string of the molecule is COc1cc2nc(S[C@H](C)C(C)=O)n(CCC3=CCCCC3)c(=O)c2cc1OC. The van der Waals surface area contributed by atoms with E-state index in [0.717, 1.165) is 19.3 Å². The highest BCUT2D eigenvalue weighted by Gasteiger charge is 2.19. The van der Waals surface area contributed by atoms with Gasteiger partial charge in [0.05, 0.1) is 30.4 Å². The minimum Gasteiger partial charge on any atom is -0.493 e. The number of thioether (sulfide) groups is 1. The summed E-state index contributed by atoms with van der Waals surface area (Å²) in [6.07, 6.45) is 7.76. The van der Waals surface area contributed by atoms with E-state index in [1.165, 1.54) is 30.2 Å². The monoisotopic (exact) mass is 416 g/mol. The lowest BCUT2D eigenvalue weighted by molar-refractivity contribution is -0.116. The highest BCUT2D eigenvalue weighted by atomic mass is 32.2. The van der Waals surface area contributed by atoms with Crippen LogP contribution in [0.15, 0.2) is 33.7 Å². The Morgan fingerprint density at radius 1 is 1.24 bits per heavy atom. The third-order valence-corrected chi connectivity index (χ3v) is 6.53. The van der Waals surface area contributed by atoms with Crippen LogP contribution in [0.3, 0.4) is 0 Å². The van der Waals surface area contributed by atoms with E-state index in [2.05, 4.69) is 6.08 Å². The van der Waals surface area contributed by atoms with Gasteiger partial charge in [0.15, 0.2) is 16.7 Å². The number of fused-ring (bicyclic) bond motifs is 1. The molecule has 1 aromatic heterocycles. The van der Waals surface area contributed by atoms with Crippen LogP contribution >= 0.6 is 11.8 Å². The van der Waals surface area contributed by atoms with Crippen molar-refractivity contribution in [3.8, 4) is 11.5 Å². The minimum absolute atomic E-state index is 0.0539. The van der Waals surface area contributed by atoms with Crippen molar-refractivity contribution >= 4 is 28.4 Å². The van der Waals surface area contributed by atoms with Gasteiger partial charge in [-0.25, -0.2) is 4.98 Å². The van der Waals surface area contributed by atoms with Crippen LogP contribution in [0.25, 0.3) is 10.9 Å². The van der Waals surface area contributed by atoms with Crippen molar-refractivity contribution in [2.24, 2.45) is 0 Å². The number of hydrogen-bond donors (Lipinski definition) is 0. The summed E-state index contributed by atoms with van der Waals surface area (Å²) in [5, 5.41) is 0.772. The lowest BCUT2D eigenvalue weighted by Gasteiger charge is -2.18. The highest BCUT2D eigenvalue weighted by Crippen LogP contribution is 2.32. The van der Waals surface area contributed by atoms with Crippen LogP contribution in [0, 0.1) is 0 Å². The molecule has 0 amide bonds. The second kappa shape index (κ2) is 9.48. The lowest BCUT2D eigenvalue weighted by Crippen LogP contribution is -2.25. The number of ether oxygens (including phenoxy) is 2. The maximum Gasteiger partial charge on any atom is 0.262 e. The molecule has 0 N–H and O–H groups in total. The number of carbonyl (C=O) groups is 1. The number of benzene rings is 1. The Balaban J connectivity index is 2.08. The van der Waals surface area contributed by atoms with Crippen molar-refractivity contribution in [3.63, 3.8) is 0 Å². The summed E-state index contributed by atoms with van der Waals surface area (Å²) in [5.74, 6) is 1.07. The molecular weight excluding hydrogens is 388 g/mol. The Hall–Kier alpha value is -2.28. The normalized spacial score (nSPS) is 15.1. The van der Waals surface area contributed by atoms with Crippen LogP contribution < -0.4 is 15.0 Å². The Labute approximate surface area is 175 Å². The predicted octanol–water partition coefficient (Wildman–Crippen LogP) is 4.37. The molecule has 0 aliphatic heterocycles. The van der Waals surface area contributed by atoms with Crippen molar-refractivity contribution in [2.75, 3.05) is 14.2 Å². The number of nitrogens with zero attached hydrogens (tertiary/aromatic N) is 2. The number of allylic oxidation sites excluding steroid dienone is 2. The Bertz CT molecular complexity index is 996. The number of Topliss-reactive ketones (excluding diaryl/α,β-unsaturated/α-hetero) is 1. The fourth-order valence-electron chi connectivity index (χ4n) is 3.44. The second-order valence-corrected chi connectivity index (χ2v) is 8.61. The molecule has 1 aromatic carbocycles. The lowest BCUT2D eigenvalue weighted by atomic mass is 9.97. The van der Waals surface area contributed by atoms with Crippen LogP contribution in [0.5, 0.6) is 11.5 Å². The summed E-state index contributed by atoms with van der Waals surface area (Å²) >= 11 is 1.33. The molecule has 7 heteroatoms. The fraction of sp³-hybridized carbons (Fsp3) is 0.500.